The summed E-state index contributed by atoms with van der Waals surface area (Å²) in [5, 5.41) is 0. The van der Waals surface area contributed by atoms with E-state index in [1.165, 1.54) is 24.8 Å². The number of carbonyl (C=O) groups excluding carboxylic acids is 1. The Balaban J connectivity index is 1.07. The predicted molar refractivity (Wildman–Crippen MR) is 139 cm³/mol. The molecule has 0 radical (unpaired) electrons. The van der Waals surface area contributed by atoms with Gasteiger partial charge >= 0.3 is 5.97 Å². The van der Waals surface area contributed by atoms with Gasteiger partial charge in [0.05, 0.1) is 5.92 Å². The highest BCUT2D eigenvalue weighted by Crippen LogP contribution is 2.81. The second-order valence-corrected chi connectivity index (χ2v) is 15.5. The molecule has 0 saturated heterocycles. The summed E-state index contributed by atoms with van der Waals surface area (Å²) in [6, 6.07) is 11.0. The van der Waals surface area contributed by atoms with Crippen LogP contribution in [0.15, 0.2) is 42.5 Å². The third kappa shape index (κ3) is 2.53. The van der Waals surface area contributed by atoms with E-state index in [1.54, 1.807) is 6.42 Å². The molecule has 8 aliphatic rings. The molecule has 16 unspecified atom stereocenters. The largest absolute Gasteiger partial charge is 0.460 e. The summed E-state index contributed by atoms with van der Waals surface area (Å²) < 4.78 is 6.15. The lowest BCUT2D eigenvalue weighted by Crippen LogP contribution is -2.50. The minimum absolute atomic E-state index is 0.116. The van der Waals surface area contributed by atoms with Crippen LogP contribution in [0.2, 0.25) is 0 Å². The molecule has 2 nitrogen and oxygen atoms in total. The number of carbonyl (C=O) groups is 1. The SMILES string of the molecule is CC(C)(C)OC(=O)C1C(Cc2ccccc2)C2CC1C1C3CC(C21)C1C2CC(C4C5C=CC(C5)C24)C31. The van der Waals surface area contributed by atoms with Crippen molar-refractivity contribution in [3.8, 4) is 0 Å². The van der Waals surface area contributed by atoms with E-state index in [9.17, 15) is 4.79 Å². The Morgan fingerprint density at radius 1 is 0.722 bits per heavy atom. The molecule has 0 heterocycles. The fourth-order valence-electron chi connectivity index (χ4n) is 13.5. The van der Waals surface area contributed by atoms with E-state index in [0.29, 0.717) is 11.8 Å². The highest BCUT2D eigenvalue weighted by molar-refractivity contribution is 5.74. The van der Waals surface area contributed by atoms with Crippen molar-refractivity contribution < 1.29 is 9.53 Å². The van der Waals surface area contributed by atoms with E-state index >= 15 is 0 Å². The van der Waals surface area contributed by atoms with E-state index in [0.717, 1.165) is 83.4 Å². The van der Waals surface area contributed by atoms with Gasteiger partial charge < -0.3 is 4.74 Å². The maximum absolute atomic E-state index is 13.8. The first kappa shape index (κ1) is 21.4. The molecule has 1 aromatic rings. The molecule has 1 aromatic carbocycles. The average Bonchev–Trinajstić information content (AvgIpc) is 3.65. The van der Waals surface area contributed by atoms with Gasteiger partial charge in [0.2, 0.25) is 0 Å². The summed E-state index contributed by atoms with van der Waals surface area (Å²) in [7, 11) is 0. The van der Waals surface area contributed by atoms with Crippen LogP contribution in [-0.4, -0.2) is 11.6 Å². The third-order valence-electron chi connectivity index (χ3n) is 13.5. The fraction of sp³-hybridized carbons (Fsp3) is 0.735. The lowest BCUT2D eigenvalue weighted by atomic mass is 9.53. The summed E-state index contributed by atoms with van der Waals surface area (Å²) >= 11 is 0. The molecule has 7 fully saturated rings. The molecule has 8 bridgehead atoms. The van der Waals surface area contributed by atoms with Crippen molar-refractivity contribution >= 4 is 5.97 Å². The molecule has 0 N–H and O–H groups in total. The maximum Gasteiger partial charge on any atom is 0.310 e. The van der Waals surface area contributed by atoms with Crippen molar-refractivity contribution in [3.05, 3.63) is 48.0 Å². The van der Waals surface area contributed by atoms with E-state index in [-0.39, 0.29) is 11.9 Å². The number of allylic oxidation sites excluding steroid dienone is 2. The first-order valence-corrected chi connectivity index (χ1v) is 15.3. The van der Waals surface area contributed by atoms with Crippen molar-refractivity contribution in [1.29, 1.82) is 0 Å². The van der Waals surface area contributed by atoms with Crippen molar-refractivity contribution in [1.82, 2.24) is 0 Å². The molecular weight excluding hydrogens is 440 g/mol. The zero-order chi connectivity index (χ0) is 24.1. The van der Waals surface area contributed by atoms with Crippen molar-refractivity contribution in [2.24, 2.45) is 94.7 Å². The number of fused-ring (bicyclic) bond motifs is 23. The van der Waals surface area contributed by atoms with Crippen molar-refractivity contribution in [3.63, 3.8) is 0 Å². The summed E-state index contributed by atoms with van der Waals surface area (Å²) in [6.45, 7) is 6.14. The quantitative estimate of drug-likeness (QED) is 0.274. The molecule has 9 rings (SSSR count). The van der Waals surface area contributed by atoms with Crippen LogP contribution in [0, 0.1) is 94.7 Å². The van der Waals surface area contributed by atoms with Crippen LogP contribution in [0.3, 0.4) is 0 Å². The van der Waals surface area contributed by atoms with Crippen LogP contribution >= 0.6 is 0 Å². The molecule has 7 saturated carbocycles. The van der Waals surface area contributed by atoms with Crippen molar-refractivity contribution in [2.75, 3.05) is 0 Å². The molecule has 2 heteroatoms. The highest BCUT2D eigenvalue weighted by Gasteiger charge is 2.77. The molecule has 16 atom stereocenters. The number of hydrogen-bond donors (Lipinski definition) is 0. The second-order valence-electron chi connectivity index (χ2n) is 15.5. The molecule has 36 heavy (non-hydrogen) atoms. The smallest absolute Gasteiger partial charge is 0.310 e. The predicted octanol–water partition coefficient (Wildman–Crippen LogP) is 6.66. The monoisotopic (exact) mass is 482 g/mol. The first-order valence-electron chi connectivity index (χ1n) is 15.3. The van der Waals surface area contributed by atoms with Gasteiger partial charge in [0.25, 0.3) is 0 Å². The minimum atomic E-state index is -0.398. The van der Waals surface area contributed by atoms with Gasteiger partial charge in [-0.15, -0.1) is 0 Å². The van der Waals surface area contributed by atoms with Gasteiger partial charge in [-0.25, -0.2) is 0 Å². The molecule has 8 aliphatic carbocycles. The second kappa shape index (κ2) is 6.89. The van der Waals surface area contributed by atoms with E-state index < -0.39 is 5.60 Å². The van der Waals surface area contributed by atoms with Crippen LogP contribution in [0.25, 0.3) is 0 Å². The maximum atomic E-state index is 13.8. The van der Waals surface area contributed by atoms with E-state index in [4.69, 9.17) is 4.74 Å². The Morgan fingerprint density at radius 2 is 1.25 bits per heavy atom. The van der Waals surface area contributed by atoms with Crippen LogP contribution in [0.4, 0.5) is 0 Å². The molecular formula is C34H42O2. The third-order valence-corrected chi connectivity index (χ3v) is 13.5. The van der Waals surface area contributed by atoms with Crippen LogP contribution in [0.5, 0.6) is 0 Å². The summed E-state index contributed by atoms with van der Waals surface area (Å²) in [5.74, 6) is 13.6. The normalized spacial score (nSPS) is 55.9. The Morgan fingerprint density at radius 3 is 1.86 bits per heavy atom. The van der Waals surface area contributed by atoms with Crippen molar-refractivity contribution in [2.45, 2.75) is 58.5 Å². The number of hydrogen-bond acceptors (Lipinski definition) is 2. The zero-order valence-electron chi connectivity index (χ0n) is 22.1. The average molecular weight is 483 g/mol. The number of esters is 1. The van der Waals surface area contributed by atoms with Gasteiger partial charge in [0.15, 0.2) is 0 Å². The van der Waals surface area contributed by atoms with Gasteiger partial charge in [0, 0.05) is 0 Å². The summed E-state index contributed by atoms with van der Waals surface area (Å²) in [4.78, 5) is 13.8. The Kier molecular flexibility index (Phi) is 4.09. The van der Waals surface area contributed by atoms with Crippen LogP contribution in [-0.2, 0) is 16.0 Å². The standard InChI is InChI=1S/C34H42O2/c1-34(2,3)36-33(35)32-19(11-16-7-5-4-6-8-16)20-13-25(32)31-24-15-23(28(20)31)29-21-14-22(30(24)29)27-18-10-9-17(12-18)26(21)27/h4-10,17-32H,11-15H2,1-3H3. The van der Waals surface area contributed by atoms with Gasteiger partial charge in [0.1, 0.15) is 5.60 Å². The number of rotatable bonds is 3. The Labute approximate surface area is 216 Å². The Hall–Kier alpha value is -1.57. The first-order chi connectivity index (χ1) is 17.4. The minimum Gasteiger partial charge on any atom is -0.460 e. The van der Waals surface area contributed by atoms with Gasteiger partial charge in [-0.2, -0.15) is 0 Å². The van der Waals surface area contributed by atoms with Gasteiger partial charge in [-0.1, -0.05) is 42.5 Å². The molecule has 0 spiro atoms. The number of ether oxygens (including phenoxy) is 1. The lowest BCUT2D eigenvalue weighted by Gasteiger charge is -2.51. The summed E-state index contributed by atoms with van der Waals surface area (Å²) in [6.07, 6.45) is 12.1. The van der Waals surface area contributed by atoms with E-state index in [2.05, 4.69) is 42.5 Å². The van der Waals surface area contributed by atoms with E-state index in [1.807, 2.05) is 20.8 Å². The molecule has 0 aromatic heterocycles. The molecule has 0 amide bonds. The topological polar surface area (TPSA) is 26.3 Å². The molecule has 0 aliphatic heterocycles. The van der Waals surface area contributed by atoms with Crippen LogP contribution < -0.4 is 0 Å². The van der Waals surface area contributed by atoms with Gasteiger partial charge in [-0.05, 0) is 147 Å². The van der Waals surface area contributed by atoms with Gasteiger partial charge in [-0.3, -0.25) is 4.79 Å². The lowest BCUT2D eigenvalue weighted by molar-refractivity contribution is -0.167. The fourth-order valence-corrected chi connectivity index (χ4v) is 13.5. The zero-order valence-corrected chi connectivity index (χ0v) is 22.1. The van der Waals surface area contributed by atoms with Crippen LogP contribution in [0.1, 0.15) is 52.0 Å². The highest BCUT2D eigenvalue weighted by atomic mass is 16.6. The number of benzene rings is 1. The Bertz CT molecular complexity index is 1130. The summed E-state index contributed by atoms with van der Waals surface area (Å²) in [5.41, 5.74) is 1.02. The molecule has 190 valence electrons.